The largest absolute Gasteiger partial charge is 0.461 e. The summed E-state index contributed by atoms with van der Waals surface area (Å²) in [5.74, 6) is -0.577. The number of H-pyrrole nitrogens is 1. The lowest BCUT2D eigenvalue weighted by Crippen LogP contribution is -2.38. The highest BCUT2D eigenvalue weighted by Gasteiger charge is 2.23. The van der Waals surface area contributed by atoms with Gasteiger partial charge >= 0.3 is 5.97 Å². The van der Waals surface area contributed by atoms with E-state index in [-0.39, 0.29) is 24.5 Å². The zero-order valence-electron chi connectivity index (χ0n) is 9.61. The van der Waals surface area contributed by atoms with Crippen molar-refractivity contribution >= 4 is 5.97 Å². The Balaban J connectivity index is 3.08. The molecule has 1 heterocycles. The Morgan fingerprint density at radius 3 is 2.75 bits per heavy atom. The molecule has 0 unspecified atom stereocenters. The first-order valence-electron chi connectivity index (χ1n) is 5.03. The number of hydrogen-bond acceptors (Lipinski definition) is 4. The number of hydrogen-bond donors (Lipinski definition) is 2. The Bertz CT molecular complexity index is 430. The summed E-state index contributed by atoms with van der Waals surface area (Å²) in [6.45, 7) is 5.08. The van der Waals surface area contributed by atoms with Gasteiger partial charge in [0, 0.05) is 6.07 Å². The Hall–Kier alpha value is -1.56. The van der Waals surface area contributed by atoms with Crippen molar-refractivity contribution in [3.05, 3.63) is 22.1 Å². The van der Waals surface area contributed by atoms with Crippen LogP contribution in [0, 0.1) is 0 Å². The molecule has 2 N–H and O–H groups in total. The maximum absolute atomic E-state index is 11.6. The standard InChI is InChI=1S/C10H16N2O4/c1-4-16-9(15)7-5-8(14)12(11-7)10(2,3)6-13/h5,11,13H,4,6H2,1-3H3. The monoisotopic (exact) mass is 228 g/mol. The first-order valence-corrected chi connectivity index (χ1v) is 5.03. The van der Waals surface area contributed by atoms with Gasteiger partial charge < -0.3 is 9.84 Å². The third-order valence-corrected chi connectivity index (χ3v) is 2.21. The topological polar surface area (TPSA) is 84.3 Å². The molecule has 0 atom stereocenters. The van der Waals surface area contributed by atoms with Crippen molar-refractivity contribution in [3.8, 4) is 0 Å². The van der Waals surface area contributed by atoms with E-state index >= 15 is 0 Å². The molecule has 6 heteroatoms. The number of aliphatic hydroxyl groups is 1. The third kappa shape index (κ3) is 2.33. The smallest absolute Gasteiger partial charge is 0.356 e. The predicted octanol–water partition coefficient (Wildman–Crippen LogP) is 0.0805. The molecular formula is C10H16N2O4. The van der Waals surface area contributed by atoms with Crippen molar-refractivity contribution in [2.24, 2.45) is 0 Å². The van der Waals surface area contributed by atoms with Crippen LogP contribution in [0.3, 0.4) is 0 Å². The molecule has 1 aromatic heterocycles. The van der Waals surface area contributed by atoms with E-state index in [9.17, 15) is 9.59 Å². The number of aromatic nitrogens is 2. The number of nitrogens with one attached hydrogen (secondary N) is 1. The highest BCUT2D eigenvalue weighted by atomic mass is 16.5. The van der Waals surface area contributed by atoms with E-state index in [0.717, 1.165) is 6.07 Å². The van der Waals surface area contributed by atoms with Gasteiger partial charge in [0.2, 0.25) is 0 Å². The summed E-state index contributed by atoms with van der Waals surface area (Å²) in [7, 11) is 0. The molecular weight excluding hydrogens is 212 g/mol. The normalized spacial score (nSPS) is 11.5. The van der Waals surface area contributed by atoms with Gasteiger partial charge in [0.15, 0.2) is 0 Å². The van der Waals surface area contributed by atoms with Crippen LogP contribution in [0.25, 0.3) is 0 Å². The van der Waals surface area contributed by atoms with Gasteiger partial charge in [-0.2, -0.15) is 0 Å². The van der Waals surface area contributed by atoms with E-state index in [1.54, 1.807) is 20.8 Å². The van der Waals surface area contributed by atoms with Gasteiger partial charge in [-0.3, -0.25) is 9.89 Å². The molecule has 16 heavy (non-hydrogen) atoms. The van der Waals surface area contributed by atoms with E-state index in [1.807, 2.05) is 0 Å². The summed E-state index contributed by atoms with van der Waals surface area (Å²) in [5.41, 5.74) is -1.06. The number of esters is 1. The predicted molar refractivity (Wildman–Crippen MR) is 57.4 cm³/mol. The fourth-order valence-corrected chi connectivity index (χ4v) is 1.23. The number of carbonyl (C=O) groups is 1. The number of rotatable bonds is 4. The van der Waals surface area contributed by atoms with Crippen LogP contribution in [0.4, 0.5) is 0 Å². The van der Waals surface area contributed by atoms with Crippen LogP contribution in [0.5, 0.6) is 0 Å². The quantitative estimate of drug-likeness (QED) is 0.715. The summed E-state index contributed by atoms with van der Waals surface area (Å²) >= 11 is 0. The van der Waals surface area contributed by atoms with Crippen LogP contribution in [-0.2, 0) is 10.3 Å². The maximum Gasteiger partial charge on any atom is 0.356 e. The van der Waals surface area contributed by atoms with Crippen LogP contribution >= 0.6 is 0 Å². The average molecular weight is 228 g/mol. The van der Waals surface area contributed by atoms with Gasteiger partial charge in [-0.15, -0.1) is 0 Å². The van der Waals surface area contributed by atoms with Crippen LogP contribution in [0.15, 0.2) is 10.9 Å². The highest BCUT2D eigenvalue weighted by molar-refractivity contribution is 5.86. The molecule has 1 aromatic rings. The second-order valence-corrected chi connectivity index (χ2v) is 4.03. The zero-order valence-corrected chi connectivity index (χ0v) is 9.61. The fourth-order valence-electron chi connectivity index (χ4n) is 1.23. The van der Waals surface area contributed by atoms with Crippen molar-refractivity contribution in [2.75, 3.05) is 13.2 Å². The summed E-state index contributed by atoms with van der Waals surface area (Å²) in [6.07, 6.45) is 0. The van der Waals surface area contributed by atoms with E-state index in [2.05, 4.69) is 5.10 Å². The number of nitrogens with zero attached hydrogens (tertiary/aromatic N) is 1. The Morgan fingerprint density at radius 1 is 1.62 bits per heavy atom. The highest BCUT2D eigenvalue weighted by Crippen LogP contribution is 2.10. The Kier molecular flexibility index (Phi) is 3.54. The summed E-state index contributed by atoms with van der Waals surface area (Å²) < 4.78 is 5.97. The second kappa shape index (κ2) is 4.52. The van der Waals surface area contributed by atoms with Gasteiger partial charge in [-0.25, -0.2) is 9.48 Å². The molecule has 0 aliphatic rings. The molecule has 0 radical (unpaired) electrons. The lowest BCUT2D eigenvalue weighted by Gasteiger charge is -2.22. The molecule has 0 spiro atoms. The third-order valence-electron chi connectivity index (χ3n) is 2.21. The van der Waals surface area contributed by atoms with E-state index in [0.29, 0.717) is 0 Å². The Labute approximate surface area is 92.8 Å². The fraction of sp³-hybridized carbons (Fsp3) is 0.600. The summed E-state index contributed by atoms with van der Waals surface area (Å²) in [4.78, 5) is 22.9. The molecule has 0 bridgehead atoms. The van der Waals surface area contributed by atoms with Crippen molar-refractivity contribution in [2.45, 2.75) is 26.3 Å². The van der Waals surface area contributed by atoms with Gasteiger partial charge in [0.1, 0.15) is 5.69 Å². The lowest BCUT2D eigenvalue weighted by molar-refractivity contribution is 0.0515. The van der Waals surface area contributed by atoms with E-state index in [1.165, 1.54) is 4.68 Å². The zero-order chi connectivity index (χ0) is 12.3. The van der Waals surface area contributed by atoms with Crippen molar-refractivity contribution in [1.29, 1.82) is 0 Å². The van der Waals surface area contributed by atoms with Crippen LogP contribution in [0.2, 0.25) is 0 Å². The maximum atomic E-state index is 11.6. The second-order valence-electron chi connectivity index (χ2n) is 4.03. The van der Waals surface area contributed by atoms with Crippen molar-refractivity contribution in [3.63, 3.8) is 0 Å². The molecule has 90 valence electrons. The molecule has 0 aliphatic carbocycles. The van der Waals surface area contributed by atoms with Gasteiger partial charge in [0.25, 0.3) is 5.56 Å². The van der Waals surface area contributed by atoms with Crippen LogP contribution in [0.1, 0.15) is 31.3 Å². The van der Waals surface area contributed by atoms with Crippen molar-refractivity contribution < 1.29 is 14.6 Å². The first kappa shape index (κ1) is 12.5. The van der Waals surface area contributed by atoms with Crippen LogP contribution in [-0.4, -0.2) is 34.1 Å². The minimum Gasteiger partial charge on any atom is -0.461 e. The molecule has 0 fully saturated rings. The minimum atomic E-state index is -0.776. The van der Waals surface area contributed by atoms with Gasteiger partial charge in [-0.1, -0.05) is 0 Å². The molecule has 0 aliphatic heterocycles. The molecule has 6 nitrogen and oxygen atoms in total. The lowest BCUT2D eigenvalue weighted by atomic mass is 10.1. The number of carbonyl (C=O) groups excluding carboxylic acids is 1. The first-order chi connectivity index (χ1) is 7.42. The number of ether oxygens (including phenoxy) is 1. The molecule has 0 saturated carbocycles. The van der Waals surface area contributed by atoms with E-state index < -0.39 is 11.5 Å². The summed E-state index contributed by atoms with van der Waals surface area (Å²) in [6, 6.07) is 1.16. The SMILES string of the molecule is CCOC(=O)c1cc(=O)n(C(C)(C)CO)[nH]1. The van der Waals surface area contributed by atoms with Gasteiger partial charge in [0.05, 0.1) is 18.8 Å². The van der Waals surface area contributed by atoms with Crippen LogP contribution < -0.4 is 5.56 Å². The number of aliphatic hydroxyl groups excluding tert-OH is 1. The minimum absolute atomic E-state index is 0.0911. The molecule has 0 amide bonds. The Morgan fingerprint density at radius 2 is 2.25 bits per heavy atom. The average Bonchev–Trinajstić information content (AvgIpc) is 2.61. The molecule has 1 rings (SSSR count). The van der Waals surface area contributed by atoms with E-state index in [4.69, 9.17) is 9.84 Å². The molecule has 0 saturated heterocycles. The molecule has 0 aromatic carbocycles. The van der Waals surface area contributed by atoms with Crippen molar-refractivity contribution in [1.82, 2.24) is 9.78 Å². The van der Waals surface area contributed by atoms with Gasteiger partial charge in [-0.05, 0) is 20.8 Å². The summed E-state index contributed by atoms with van der Waals surface area (Å²) in [5, 5.41) is 11.8. The number of aromatic amines is 1.